The largest absolute Gasteiger partial charge is 0.497 e. The molecule has 1 fully saturated rings. The van der Waals surface area contributed by atoms with E-state index in [1.54, 1.807) is 24.1 Å². The molecule has 1 atom stereocenters. The number of carbonyl (C=O) groups is 2. The summed E-state index contributed by atoms with van der Waals surface area (Å²) in [4.78, 5) is 26.5. The number of carbonyl (C=O) groups excluding carboxylic acids is 2. The summed E-state index contributed by atoms with van der Waals surface area (Å²) in [6, 6.07) is 16.7. The van der Waals surface area contributed by atoms with Crippen LogP contribution in [0.15, 0.2) is 59.0 Å². The first-order valence-corrected chi connectivity index (χ1v) is 9.74. The smallest absolute Gasteiger partial charge is 0.247 e. The quantitative estimate of drug-likeness (QED) is 0.647. The highest BCUT2D eigenvalue weighted by atomic mass is 16.5. The van der Waals surface area contributed by atoms with Gasteiger partial charge in [-0.15, -0.1) is 10.2 Å². The van der Waals surface area contributed by atoms with Crippen LogP contribution in [-0.4, -0.2) is 42.2 Å². The summed E-state index contributed by atoms with van der Waals surface area (Å²) in [5.41, 5.74) is 1.61. The van der Waals surface area contributed by atoms with Gasteiger partial charge in [0.15, 0.2) is 0 Å². The van der Waals surface area contributed by atoms with Crippen molar-refractivity contribution >= 4 is 17.5 Å². The Hall–Kier alpha value is -3.68. The molecule has 154 valence electrons. The minimum atomic E-state index is -0.387. The molecule has 1 aliphatic heterocycles. The number of hydrogen-bond donors (Lipinski definition) is 1. The second-order valence-corrected chi connectivity index (χ2v) is 7.01. The van der Waals surface area contributed by atoms with Gasteiger partial charge >= 0.3 is 0 Å². The number of nitrogens with zero attached hydrogens (tertiary/aromatic N) is 3. The average molecular weight is 406 g/mol. The fourth-order valence-electron chi connectivity index (χ4n) is 3.38. The van der Waals surface area contributed by atoms with E-state index in [-0.39, 0.29) is 24.2 Å². The van der Waals surface area contributed by atoms with Gasteiger partial charge in [-0.1, -0.05) is 18.2 Å². The van der Waals surface area contributed by atoms with Crippen molar-refractivity contribution in [2.45, 2.75) is 12.8 Å². The zero-order valence-corrected chi connectivity index (χ0v) is 16.6. The van der Waals surface area contributed by atoms with Crippen LogP contribution in [0.5, 0.6) is 5.75 Å². The summed E-state index contributed by atoms with van der Waals surface area (Å²) in [5.74, 6) is 1.02. The van der Waals surface area contributed by atoms with Gasteiger partial charge in [0, 0.05) is 37.2 Å². The van der Waals surface area contributed by atoms with Gasteiger partial charge in [0.05, 0.1) is 13.0 Å². The predicted molar refractivity (Wildman–Crippen MR) is 110 cm³/mol. The Morgan fingerprint density at radius 2 is 1.93 bits per heavy atom. The van der Waals surface area contributed by atoms with E-state index < -0.39 is 0 Å². The molecule has 0 radical (unpaired) electrons. The number of aromatic nitrogens is 2. The number of amides is 2. The molecule has 8 nitrogen and oxygen atoms in total. The Morgan fingerprint density at radius 1 is 1.17 bits per heavy atom. The van der Waals surface area contributed by atoms with E-state index >= 15 is 0 Å². The molecule has 1 aromatic heterocycles. The highest BCUT2D eigenvalue weighted by Gasteiger charge is 2.35. The monoisotopic (exact) mass is 406 g/mol. The van der Waals surface area contributed by atoms with E-state index in [4.69, 9.17) is 9.15 Å². The summed E-state index contributed by atoms with van der Waals surface area (Å²) in [6.45, 7) is 0.720. The third kappa shape index (κ3) is 4.32. The molecule has 8 heteroatoms. The lowest BCUT2D eigenvalue weighted by Gasteiger charge is -2.17. The van der Waals surface area contributed by atoms with Crippen LogP contribution in [0.25, 0.3) is 11.5 Å². The second kappa shape index (κ2) is 8.77. The van der Waals surface area contributed by atoms with Crippen LogP contribution in [0, 0.1) is 5.92 Å². The minimum Gasteiger partial charge on any atom is -0.497 e. The standard InChI is InChI=1S/C22H22N4O4/c1-29-18-9-7-17(8-10-18)26-14-16(13-20(26)27)21(28)23-12-11-19-24-25-22(30-19)15-5-3-2-4-6-15/h2-10,16H,11-14H2,1H3,(H,23,28)/t16-/m0/s1. The van der Waals surface area contributed by atoms with Gasteiger partial charge in [-0.2, -0.15) is 0 Å². The van der Waals surface area contributed by atoms with Gasteiger partial charge in [0.1, 0.15) is 5.75 Å². The number of anilines is 1. The molecule has 0 bridgehead atoms. The Bertz CT molecular complexity index is 1020. The average Bonchev–Trinajstić information content (AvgIpc) is 3.41. The third-order valence-electron chi connectivity index (χ3n) is 5.01. The number of methoxy groups -OCH3 is 1. The molecule has 0 saturated carbocycles. The molecule has 1 N–H and O–H groups in total. The van der Waals surface area contributed by atoms with Crippen molar-refractivity contribution in [3.05, 3.63) is 60.5 Å². The summed E-state index contributed by atoms with van der Waals surface area (Å²) in [7, 11) is 1.59. The first-order chi connectivity index (χ1) is 14.6. The van der Waals surface area contributed by atoms with E-state index in [2.05, 4.69) is 15.5 Å². The molecule has 30 heavy (non-hydrogen) atoms. The normalized spacial score (nSPS) is 16.0. The van der Waals surface area contributed by atoms with Crippen molar-refractivity contribution in [2.75, 3.05) is 25.1 Å². The van der Waals surface area contributed by atoms with E-state index in [9.17, 15) is 9.59 Å². The number of hydrogen-bond acceptors (Lipinski definition) is 6. The van der Waals surface area contributed by atoms with Crippen molar-refractivity contribution in [2.24, 2.45) is 5.92 Å². The maximum absolute atomic E-state index is 12.5. The minimum absolute atomic E-state index is 0.0651. The molecule has 2 amide bonds. The summed E-state index contributed by atoms with van der Waals surface area (Å²) in [6.07, 6.45) is 0.616. The lowest BCUT2D eigenvalue weighted by Crippen LogP contribution is -2.34. The molecule has 1 saturated heterocycles. The Kier molecular flexibility index (Phi) is 5.74. The predicted octanol–water partition coefficient (Wildman–Crippen LogP) is 2.46. The van der Waals surface area contributed by atoms with Crippen molar-refractivity contribution < 1.29 is 18.7 Å². The molecular formula is C22H22N4O4. The van der Waals surface area contributed by atoms with E-state index in [1.807, 2.05) is 42.5 Å². The van der Waals surface area contributed by atoms with Gasteiger partial charge in [-0.3, -0.25) is 9.59 Å². The topological polar surface area (TPSA) is 97.6 Å². The highest BCUT2D eigenvalue weighted by Crippen LogP contribution is 2.27. The molecule has 0 unspecified atom stereocenters. The molecule has 4 rings (SSSR count). The molecule has 3 aromatic rings. The fourth-order valence-corrected chi connectivity index (χ4v) is 3.38. The van der Waals surface area contributed by atoms with Gasteiger partial charge in [0.25, 0.3) is 0 Å². The summed E-state index contributed by atoms with van der Waals surface area (Å²) < 4.78 is 10.8. The molecule has 0 aliphatic carbocycles. The van der Waals surface area contributed by atoms with Crippen LogP contribution >= 0.6 is 0 Å². The molecule has 2 heterocycles. The van der Waals surface area contributed by atoms with Crippen molar-refractivity contribution in [3.8, 4) is 17.2 Å². The van der Waals surface area contributed by atoms with Crippen molar-refractivity contribution in [1.82, 2.24) is 15.5 Å². The van der Waals surface area contributed by atoms with E-state index in [0.717, 1.165) is 17.0 Å². The third-order valence-corrected chi connectivity index (χ3v) is 5.01. The van der Waals surface area contributed by atoms with E-state index in [1.165, 1.54) is 0 Å². The first-order valence-electron chi connectivity index (χ1n) is 9.74. The maximum Gasteiger partial charge on any atom is 0.247 e. The van der Waals surface area contributed by atoms with Crippen LogP contribution in [0.2, 0.25) is 0 Å². The van der Waals surface area contributed by atoms with Crippen LogP contribution in [-0.2, 0) is 16.0 Å². The highest BCUT2D eigenvalue weighted by molar-refractivity contribution is 6.00. The van der Waals surface area contributed by atoms with Crippen LogP contribution < -0.4 is 15.0 Å². The fraction of sp³-hybridized carbons (Fsp3) is 0.273. The molecular weight excluding hydrogens is 384 g/mol. The van der Waals surface area contributed by atoms with Crippen LogP contribution in [0.1, 0.15) is 12.3 Å². The summed E-state index contributed by atoms with van der Waals surface area (Å²) >= 11 is 0. The number of nitrogens with one attached hydrogen (secondary N) is 1. The molecule has 2 aromatic carbocycles. The number of rotatable bonds is 7. The van der Waals surface area contributed by atoms with Gasteiger partial charge in [-0.05, 0) is 36.4 Å². The zero-order chi connectivity index (χ0) is 20.9. The van der Waals surface area contributed by atoms with Crippen molar-refractivity contribution in [3.63, 3.8) is 0 Å². The number of benzene rings is 2. The van der Waals surface area contributed by atoms with Gasteiger partial charge in [0.2, 0.25) is 23.6 Å². The molecule has 1 aliphatic rings. The van der Waals surface area contributed by atoms with Crippen LogP contribution in [0.4, 0.5) is 5.69 Å². The summed E-state index contributed by atoms with van der Waals surface area (Å²) in [5, 5.41) is 10.9. The number of ether oxygens (including phenoxy) is 1. The van der Waals surface area contributed by atoms with Crippen molar-refractivity contribution in [1.29, 1.82) is 0 Å². The lowest BCUT2D eigenvalue weighted by molar-refractivity contribution is -0.126. The zero-order valence-electron chi connectivity index (χ0n) is 16.6. The van der Waals surface area contributed by atoms with Gasteiger partial charge < -0.3 is 19.4 Å². The SMILES string of the molecule is COc1ccc(N2C[C@@H](C(=O)NCCc3nnc(-c4ccccc4)o3)CC2=O)cc1. The van der Waals surface area contributed by atoms with E-state index in [0.29, 0.717) is 31.3 Å². The van der Waals surface area contributed by atoms with Gasteiger partial charge in [-0.25, -0.2) is 0 Å². The Balaban J connectivity index is 1.28. The Labute approximate surface area is 173 Å². The van der Waals surface area contributed by atoms with Crippen LogP contribution in [0.3, 0.4) is 0 Å². The molecule has 0 spiro atoms. The first kappa shape index (κ1) is 19.6. The lowest BCUT2D eigenvalue weighted by atomic mass is 10.1. The maximum atomic E-state index is 12.5. The Morgan fingerprint density at radius 3 is 2.67 bits per heavy atom. The second-order valence-electron chi connectivity index (χ2n) is 7.01.